The summed E-state index contributed by atoms with van der Waals surface area (Å²) in [6, 6.07) is 0. The smallest absolute Gasteiger partial charge is 0.139 e. The van der Waals surface area contributed by atoms with Gasteiger partial charge in [0, 0.05) is 5.41 Å². The Labute approximate surface area is 67.8 Å². The first-order chi connectivity index (χ1) is 5.04. The summed E-state index contributed by atoms with van der Waals surface area (Å²) in [6.45, 7) is 5.68. The van der Waals surface area contributed by atoms with Crippen LogP contribution in [-0.2, 0) is 4.79 Å². The van der Waals surface area contributed by atoms with Gasteiger partial charge in [0.15, 0.2) is 0 Å². The van der Waals surface area contributed by atoms with E-state index in [-0.39, 0.29) is 11.2 Å². The van der Waals surface area contributed by atoms with Gasteiger partial charge in [0.2, 0.25) is 0 Å². The van der Waals surface area contributed by atoms with Gasteiger partial charge in [-0.15, -0.1) is 0 Å². The number of carbonyl (C=O) groups is 1. The lowest BCUT2D eigenvalue weighted by Crippen LogP contribution is -2.23. The highest BCUT2D eigenvalue weighted by Crippen LogP contribution is 2.29. The summed E-state index contributed by atoms with van der Waals surface area (Å²) in [5.41, 5.74) is 1.02. The number of allylic oxidation sites excluding steroid dienone is 4. The standard InChI is InChI=1S/C10H14O/c1-8-4-6-10(3,7-5-8)9(2)11/h4-6H,7H2,1-3H3. The summed E-state index contributed by atoms with van der Waals surface area (Å²) in [5, 5.41) is 0. The van der Waals surface area contributed by atoms with E-state index in [9.17, 15) is 4.79 Å². The van der Waals surface area contributed by atoms with Crippen LogP contribution in [0.3, 0.4) is 0 Å². The summed E-state index contributed by atoms with van der Waals surface area (Å²) in [6.07, 6.45) is 6.99. The van der Waals surface area contributed by atoms with Crippen molar-refractivity contribution in [2.75, 3.05) is 0 Å². The molecule has 0 fully saturated rings. The Morgan fingerprint density at radius 1 is 1.64 bits per heavy atom. The molecule has 0 amide bonds. The SMILES string of the molecule is CC(=O)C1(C)C=CC(C)=CC1. The molecule has 0 aliphatic heterocycles. The van der Waals surface area contributed by atoms with E-state index in [4.69, 9.17) is 0 Å². The number of carbonyl (C=O) groups excluding carboxylic acids is 1. The van der Waals surface area contributed by atoms with Gasteiger partial charge in [-0.2, -0.15) is 0 Å². The highest BCUT2D eigenvalue weighted by Gasteiger charge is 2.26. The van der Waals surface area contributed by atoms with Crippen molar-refractivity contribution in [3.8, 4) is 0 Å². The number of Topliss-reactive ketones (excluding diaryl/α,β-unsaturated/α-hetero) is 1. The molecule has 0 aromatic heterocycles. The van der Waals surface area contributed by atoms with Crippen LogP contribution in [0.2, 0.25) is 0 Å². The van der Waals surface area contributed by atoms with E-state index in [2.05, 4.69) is 13.0 Å². The average Bonchev–Trinajstić information content (AvgIpc) is 1.95. The van der Waals surface area contributed by atoms with Gasteiger partial charge in [-0.3, -0.25) is 4.79 Å². The van der Waals surface area contributed by atoms with Gasteiger partial charge in [0.05, 0.1) is 0 Å². The van der Waals surface area contributed by atoms with Gasteiger partial charge >= 0.3 is 0 Å². The van der Waals surface area contributed by atoms with E-state index in [1.54, 1.807) is 6.92 Å². The molecule has 1 heteroatoms. The van der Waals surface area contributed by atoms with E-state index in [1.165, 1.54) is 5.57 Å². The molecule has 0 bridgehead atoms. The molecule has 0 saturated carbocycles. The Hall–Kier alpha value is -0.850. The highest BCUT2D eigenvalue weighted by atomic mass is 16.1. The molecule has 1 aliphatic rings. The lowest BCUT2D eigenvalue weighted by Gasteiger charge is -2.23. The van der Waals surface area contributed by atoms with Crippen molar-refractivity contribution in [1.29, 1.82) is 0 Å². The van der Waals surface area contributed by atoms with Crippen molar-refractivity contribution >= 4 is 5.78 Å². The molecule has 0 radical (unpaired) electrons. The predicted molar refractivity (Wildman–Crippen MR) is 46.3 cm³/mol. The number of hydrogen-bond donors (Lipinski definition) is 0. The predicted octanol–water partition coefficient (Wildman–Crippen LogP) is 2.49. The largest absolute Gasteiger partial charge is 0.299 e. The summed E-state index contributed by atoms with van der Waals surface area (Å²) in [7, 11) is 0. The number of hydrogen-bond acceptors (Lipinski definition) is 1. The first kappa shape index (κ1) is 8.25. The van der Waals surface area contributed by atoms with Crippen molar-refractivity contribution < 1.29 is 4.79 Å². The molecular weight excluding hydrogens is 136 g/mol. The minimum Gasteiger partial charge on any atom is -0.299 e. The van der Waals surface area contributed by atoms with Gasteiger partial charge < -0.3 is 0 Å². The van der Waals surface area contributed by atoms with E-state index in [0.29, 0.717) is 0 Å². The van der Waals surface area contributed by atoms with Crippen molar-refractivity contribution in [1.82, 2.24) is 0 Å². The minimum atomic E-state index is -0.237. The average molecular weight is 150 g/mol. The van der Waals surface area contributed by atoms with Crippen molar-refractivity contribution in [3.63, 3.8) is 0 Å². The summed E-state index contributed by atoms with van der Waals surface area (Å²) in [4.78, 5) is 11.1. The zero-order chi connectivity index (χ0) is 8.48. The van der Waals surface area contributed by atoms with Gasteiger partial charge in [0.1, 0.15) is 5.78 Å². The van der Waals surface area contributed by atoms with Gasteiger partial charge in [0.25, 0.3) is 0 Å². The maximum atomic E-state index is 11.1. The molecule has 0 aromatic rings. The number of ketones is 1. The third-order valence-corrected chi connectivity index (χ3v) is 2.37. The quantitative estimate of drug-likeness (QED) is 0.561. The maximum absolute atomic E-state index is 11.1. The van der Waals surface area contributed by atoms with Crippen LogP contribution in [-0.4, -0.2) is 5.78 Å². The molecule has 0 heterocycles. The van der Waals surface area contributed by atoms with Crippen molar-refractivity contribution in [3.05, 3.63) is 23.8 Å². The van der Waals surface area contributed by atoms with E-state index >= 15 is 0 Å². The van der Waals surface area contributed by atoms with Gasteiger partial charge in [-0.05, 0) is 27.2 Å². The zero-order valence-electron chi connectivity index (χ0n) is 7.35. The third kappa shape index (κ3) is 1.59. The van der Waals surface area contributed by atoms with Crippen LogP contribution < -0.4 is 0 Å². The Bertz CT molecular complexity index is 235. The second-order valence-corrected chi connectivity index (χ2v) is 3.46. The van der Waals surface area contributed by atoms with Crippen LogP contribution in [0.4, 0.5) is 0 Å². The highest BCUT2D eigenvalue weighted by molar-refractivity contribution is 5.84. The maximum Gasteiger partial charge on any atom is 0.139 e. The van der Waals surface area contributed by atoms with Crippen LogP contribution in [0.1, 0.15) is 27.2 Å². The summed E-state index contributed by atoms with van der Waals surface area (Å²) in [5.74, 6) is 0.248. The van der Waals surface area contributed by atoms with Crippen LogP contribution in [0.15, 0.2) is 23.8 Å². The Balaban J connectivity index is 2.82. The van der Waals surface area contributed by atoms with Crippen LogP contribution >= 0.6 is 0 Å². The van der Waals surface area contributed by atoms with E-state index < -0.39 is 0 Å². The van der Waals surface area contributed by atoms with Crippen LogP contribution in [0.5, 0.6) is 0 Å². The fourth-order valence-electron chi connectivity index (χ4n) is 1.09. The van der Waals surface area contributed by atoms with Crippen LogP contribution in [0.25, 0.3) is 0 Å². The summed E-state index contributed by atoms with van der Waals surface area (Å²) < 4.78 is 0. The molecule has 0 aromatic carbocycles. The third-order valence-electron chi connectivity index (χ3n) is 2.37. The molecule has 1 atom stereocenters. The normalized spacial score (nSPS) is 29.9. The topological polar surface area (TPSA) is 17.1 Å². The first-order valence-corrected chi connectivity index (χ1v) is 3.92. The van der Waals surface area contributed by atoms with Gasteiger partial charge in [-0.1, -0.05) is 23.8 Å². The van der Waals surface area contributed by atoms with Gasteiger partial charge in [-0.25, -0.2) is 0 Å². The Morgan fingerprint density at radius 2 is 2.27 bits per heavy atom. The van der Waals surface area contributed by atoms with Crippen molar-refractivity contribution in [2.45, 2.75) is 27.2 Å². The second kappa shape index (κ2) is 2.65. The van der Waals surface area contributed by atoms with E-state index in [0.717, 1.165) is 6.42 Å². The second-order valence-electron chi connectivity index (χ2n) is 3.46. The Morgan fingerprint density at radius 3 is 2.64 bits per heavy atom. The number of rotatable bonds is 1. The molecule has 11 heavy (non-hydrogen) atoms. The summed E-state index contributed by atoms with van der Waals surface area (Å²) >= 11 is 0. The minimum absolute atomic E-state index is 0.237. The van der Waals surface area contributed by atoms with Crippen molar-refractivity contribution in [2.24, 2.45) is 5.41 Å². The molecule has 60 valence electrons. The molecule has 1 rings (SSSR count). The lowest BCUT2D eigenvalue weighted by atomic mass is 9.79. The fraction of sp³-hybridized carbons (Fsp3) is 0.500. The molecule has 1 aliphatic carbocycles. The molecule has 0 spiro atoms. The molecular formula is C10H14O. The molecule has 0 saturated heterocycles. The first-order valence-electron chi connectivity index (χ1n) is 3.92. The Kier molecular flexibility index (Phi) is 1.99. The monoisotopic (exact) mass is 150 g/mol. The zero-order valence-corrected chi connectivity index (χ0v) is 7.35. The van der Waals surface area contributed by atoms with E-state index in [1.807, 2.05) is 19.1 Å². The molecule has 0 N–H and O–H groups in total. The fourth-order valence-corrected chi connectivity index (χ4v) is 1.09. The lowest BCUT2D eigenvalue weighted by molar-refractivity contribution is -0.123. The van der Waals surface area contributed by atoms with Crippen LogP contribution in [0, 0.1) is 5.41 Å². The molecule has 1 nitrogen and oxygen atoms in total. The molecule has 1 unspecified atom stereocenters.